The largest absolute Gasteiger partial charge is 0.380 e. The highest BCUT2D eigenvalue weighted by molar-refractivity contribution is 5.48. The molecule has 0 saturated heterocycles. The van der Waals surface area contributed by atoms with Crippen LogP contribution in [0.1, 0.15) is 45.6 Å². The summed E-state index contributed by atoms with van der Waals surface area (Å²) in [6.45, 7) is 8.24. The van der Waals surface area contributed by atoms with Crippen molar-refractivity contribution in [2.24, 2.45) is 17.8 Å². The summed E-state index contributed by atoms with van der Waals surface area (Å²) >= 11 is 0. The fourth-order valence-corrected chi connectivity index (χ4v) is 3.32. The molecule has 3 heteroatoms. The molecule has 1 N–H and O–H groups in total. The summed E-state index contributed by atoms with van der Waals surface area (Å²) in [6.07, 6.45) is 3.41. The molecule has 3 atom stereocenters. The third-order valence-electron chi connectivity index (χ3n) is 4.61. The van der Waals surface area contributed by atoms with Gasteiger partial charge in [-0.1, -0.05) is 27.2 Å². The average molecular weight is 281 g/mol. The van der Waals surface area contributed by atoms with Gasteiger partial charge >= 0.3 is 0 Å². The van der Waals surface area contributed by atoms with Gasteiger partial charge in [-0.05, 0) is 49.1 Å². The predicted octanol–water partition coefficient (Wildman–Crippen LogP) is 5.15. The minimum Gasteiger partial charge on any atom is -0.380 e. The Labute approximate surface area is 120 Å². The van der Waals surface area contributed by atoms with Crippen LogP contribution >= 0.6 is 0 Å². The van der Waals surface area contributed by atoms with E-state index in [2.05, 4.69) is 26.1 Å². The molecular formula is C17H25F2N. The first-order valence-electron chi connectivity index (χ1n) is 7.60. The van der Waals surface area contributed by atoms with Gasteiger partial charge in [0.1, 0.15) is 11.6 Å². The van der Waals surface area contributed by atoms with Crippen LogP contribution in [0.3, 0.4) is 0 Å². The summed E-state index contributed by atoms with van der Waals surface area (Å²) in [4.78, 5) is 0. The van der Waals surface area contributed by atoms with Crippen LogP contribution in [0.15, 0.2) is 12.1 Å². The lowest BCUT2D eigenvalue weighted by atomic mass is 9.74. The zero-order chi connectivity index (χ0) is 14.9. The minimum atomic E-state index is -0.357. The Hall–Kier alpha value is -1.12. The smallest absolute Gasteiger partial charge is 0.146 e. The molecule has 1 saturated carbocycles. The van der Waals surface area contributed by atoms with Crippen molar-refractivity contribution in [1.29, 1.82) is 0 Å². The molecule has 1 nitrogen and oxygen atoms in total. The van der Waals surface area contributed by atoms with Gasteiger partial charge in [-0.2, -0.15) is 0 Å². The van der Waals surface area contributed by atoms with Crippen LogP contribution in [-0.4, -0.2) is 6.04 Å². The molecule has 0 aromatic heterocycles. The molecule has 0 bridgehead atoms. The molecule has 3 unspecified atom stereocenters. The Balaban J connectivity index is 2.20. The van der Waals surface area contributed by atoms with E-state index < -0.39 is 0 Å². The summed E-state index contributed by atoms with van der Waals surface area (Å²) in [5.74, 6) is 1.01. The zero-order valence-electron chi connectivity index (χ0n) is 12.8. The fourth-order valence-electron chi connectivity index (χ4n) is 3.32. The minimum absolute atomic E-state index is 0.232. The second-order valence-electron chi connectivity index (χ2n) is 6.66. The van der Waals surface area contributed by atoms with E-state index in [1.165, 1.54) is 18.6 Å². The van der Waals surface area contributed by atoms with Crippen LogP contribution in [0.25, 0.3) is 0 Å². The van der Waals surface area contributed by atoms with E-state index in [0.717, 1.165) is 12.8 Å². The maximum Gasteiger partial charge on any atom is 0.146 e. The van der Waals surface area contributed by atoms with E-state index in [1.54, 1.807) is 6.92 Å². The highest BCUT2D eigenvalue weighted by Crippen LogP contribution is 2.35. The third-order valence-corrected chi connectivity index (χ3v) is 4.61. The first kappa shape index (κ1) is 15.3. The molecular weight excluding hydrogens is 256 g/mol. The van der Waals surface area contributed by atoms with Gasteiger partial charge in [-0.3, -0.25) is 0 Å². The maximum absolute atomic E-state index is 14.0. The van der Waals surface area contributed by atoms with E-state index >= 15 is 0 Å². The van der Waals surface area contributed by atoms with Crippen LogP contribution < -0.4 is 5.32 Å². The first-order chi connectivity index (χ1) is 9.38. The number of anilines is 1. The highest BCUT2D eigenvalue weighted by Gasteiger charge is 2.31. The van der Waals surface area contributed by atoms with E-state index in [-0.39, 0.29) is 17.7 Å². The van der Waals surface area contributed by atoms with Crippen LogP contribution in [0.2, 0.25) is 0 Å². The van der Waals surface area contributed by atoms with Crippen molar-refractivity contribution in [1.82, 2.24) is 0 Å². The van der Waals surface area contributed by atoms with Crippen LogP contribution in [0.5, 0.6) is 0 Å². The van der Waals surface area contributed by atoms with Gasteiger partial charge in [-0.15, -0.1) is 0 Å². The van der Waals surface area contributed by atoms with E-state index in [0.29, 0.717) is 29.0 Å². The lowest BCUT2D eigenvalue weighted by Gasteiger charge is -2.38. The van der Waals surface area contributed by atoms with Gasteiger partial charge in [-0.25, -0.2) is 8.78 Å². The predicted molar refractivity (Wildman–Crippen MR) is 79.8 cm³/mol. The standard InChI is InChI=1S/C17H25F2N/c1-10(2)13-6-5-11(3)7-16(13)20-17-9-14(18)12(4)8-15(17)19/h8-11,13,16,20H,5-7H2,1-4H3. The number of rotatable bonds is 3. The van der Waals surface area contributed by atoms with Crippen molar-refractivity contribution in [2.75, 3.05) is 5.32 Å². The molecule has 0 aliphatic heterocycles. The molecule has 1 aromatic rings. The average Bonchev–Trinajstić information content (AvgIpc) is 2.35. The SMILES string of the molecule is Cc1cc(F)c(NC2CC(C)CCC2C(C)C)cc1F. The summed E-state index contributed by atoms with van der Waals surface area (Å²) in [7, 11) is 0. The van der Waals surface area contributed by atoms with Crippen molar-refractivity contribution in [3.8, 4) is 0 Å². The summed E-state index contributed by atoms with van der Waals surface area (Å²) in [6, 6.07) is 2.80. The van der Waals surface area contributed by atoms with Crippen molar-refractivity contribution in [3.63, 3.8) is 0 Å². The van der Waals surface area contributed by atoms with Crippen LogP contribution in [-0.2, 0) is 0 Å². The molecule has 0 heterocycles. The highest BCUT2D eigenvalue weighted by atomic mass is 19.1. The van der Waals surface area contributed by atoms with Crippen molar-refractivity contribution < 1.29 is 8.78 Å². The number of hydrogen-bond donors (Lipinski definition) is 1. The molecule has 1 aliphatic rings. The number of nitrogens with one attached hydrogen (secondary N) is 1. The summed E-state index contributed by atoms with van der Waals surface area (Å²) in [5, 5.41) is 3.26. The van der Waals surface area contributed by atoms with Gasteiger partial charge in [0, 0.05) is 12.1 Å². The van der Waals surface area contributed by atoms with Gasteiger partial charge in [0.2, 0.25) is 0 Å². The lowest BCUT2D eigenvalue weighted by Crippen LogP contribution is -2.38. The molecule has 1 aromatic carbocycles. The van der Waals surface area contributed by atoms with Crippen LogP contribution in [0.4, 0.5) is 14.5 Å². The monoisotopic (exact) mass is 281 g/mol. The molecule has 1 fully saturated rings. The Kier molecular flexibility index (Phi) is 4.66. The fraction of sp³-hybridized carbons (Fsp3) is 0.647. The zero-order valence-corrected chi connectivity index (χ0v) is 12.8. The van der Waals surface area contributed by atoms with Gasteiger partial charge in [0.25, 0.3) is 0 Å². The maximum atomic E-state index is 14.0. The number of halogens is 2. The Morgan fingerprint density at radius 2 is 1.85 bits per heavy atom. The van der Waals surface area contributed by atoms with Crippen molar-refractivity contribution in [3.05, 3.63) is 29.3 Å². The lowest BCUT2D eigenvalue weighted by molar-refractivity contribution is 0.211. The molecule has 20 heavy (non-hydrogen) atoms. The van der Waals surface area contributed by atoms with Crippen molar-refractivity contribution in [2.45, 2.75) is 53.0 Å². The van der Waals surface area contributed by atoms with Crippen molar-refractivity contribution >= 4 is 5.69 Å². The molecule has 1 aliphatic carbocycles. The third kappa shape index (κ3) is 3.31. The second-order valence-corrected chi connectivity index (χ2v) is 6.66. The van der Waals surface area contributed by atoms with Crippen LogP contribution in [0, 0.1) is 36.3 Å². The van der Waals surface area contributed by atoms with Gasteiger partial charge in [0.05, 0.1) is 5.69 Å². The number of benzene rings is 1. The first-order valence-corrected chi connectivity index (χ1v) is 7.60. The molecule has 112 valence electrons. The molecule has 0 spiro atoms. The molecule has 0 amide bonds. The summed E-state index contributed by atoms with van der Waals surface area (Å²) in [5.41, 5.74) is 0.656. The Morgan fingerprint density at radius 1 is 1.15 bits per heavy atom. The normalized spacial score (nSPS) is 26.9. The van der Waals surface area contributed by atoms with E-state index in [1.807, 2.05) is 0 Å². The topological polar surface area (TPSA) is 12.0 Å². The second kappa shape index (κ2) is 6.11. The Bertz CT molecular complexity index is 470. The Morgan fingerprint density at radius 3 is 2.50 bits per heavy atom. The summed E-state index contributed by atoms with van der Waals surface area (Å²) < 4.78 is 27.6. The van der Waals surface area contributed by atoms with Gasteiger partial charge < -0.3 is 5.32 Å². The molecule has 2 rings (SSSR count). The van der Waals surface area contributed by atoms with E-state index in [4.69, 9.17) is 0 Å². The molecule has 0 radical (unpaired) electrons. The quantitative estimate of drug-likeness (QED) is 0.808. The van der Waals surface area contributed by atoms with E-state index in [9.17, 15) is 8.78 Å². The number of hydrogen-bond acceptors (Lipinski definition) is 1. The van der Waals surface area contributed by atoms with Gasteiger partial charge in [0.15, 0.2) is 0 Å². The number of aryl methyl sites for hydroxylation is 1.